The zero-order valence-electron chi connectivity index (χ0n) is 11.6. The quantitative estimate of drug-likeness (QED) is 0.881. The molecule has 110 valence electrons. The molecule has 1 N–H and O–H groups in total. The molecule has 0 spiro atoms. The Bertz CT molecular complexity index is 676. The average molecular weight is 309 g/mol. The smallest absolute Gasteiger partial charge is 0.270 e. The molecule has 0 saturated heterocycles. The highest BCUT2D eigenvalue weighted by Gasteiger charge is 2.17. The van der Waals surface area contributed by atoms with E-state index in [1.54, 1.807) is 13.1 Å². The maximum absolute atomic E-state index is 13.7. The third kappa shape index (κ3) is 3.31. The summed E-state index contributed by atoms with van der Waals surface area (Å²) in [6.45, 7) is 1.46. The molecule has 0 aliphatic rings. The van der Waals surface area contributed by atoms with Gasteiger partial charge in [-0.2, -0.15) is 0 Å². The molecule has 2 aromatic rings. The number of nitrogens with zero attached hydrogens (tertiary/aromatic N) is 1. The summed E-state index contributed by atoms with van der Waals surface area (Å²) in [5.41, 5.74) is 0.958. The number of halogens is 2. The Labute approximate surface area is 126 Å². The lowest BCUT2D eigenvalue weighted by Crippen LogP contribution is -2.27. The van der Waals surface area contributed by atoms with Gasteiger partial charge in [0.05, 0.1) is 6.54 Å². The molecule has 1 amide bonds. The Hall–Kier alpha value is -2.14. The molecule has 4 nitrogen and oxygen atoms in total. The van der Waals surface area contributed by atoms with Crippen molar-refractivity contribution in [2.45, 2.75) is 13.5 Å². The lowest BCUT2D eigenvalue weighted by Gasteiger charge is -2.17. The standard InChI is InChI=1S/C15H14ClFN2O2/c1-9(20)10-6-14(18-7-10)15(21)19(2)8-11-12(16)4-3-5-13(11)17/h3-7,18H,8H2,1-2H3. The monoisotopic (exact) mass is 308 g/mol. The van der Waals surface area contributed by atoms with E-state index in [2.05, 4.69) is 4.98 Å². The first-order valence-corrected chi connectivity index (χ1v) is 6.65. The molecular weight excluding hydrogens is 295 g/mol. The number of aromatic amines is 1. The number of rotatable bonds is 4. The molecule has 0 fully saturated rings. The SMILES string of the molecule is CC(=O)c1c[nH]c(C(=O)N(C)Cc2c(F)cccc2Cl)c1. The Morgan fingerprint density at radius 2 is 2.10 bits per heavy atom. The molecule has 0 aliphatic carbocycles. The molecular formula is C15H14ClFN2O2. The van der Waals surface area contributed by atoms with Gasteiger partial charge >= 0.3 is 0 Å². The van der Waals surface area contributed by atoms with Gasteiger partial charge in [-0.25, -0.2) is 4.39 Å². The molecule has 0 saturated carbocycles. The van der Waals surface area contributed by atoms with E-state index in [4.69, 9.17) is 11.6 Å². The number of amides is 1. The summed E-state index contributed by atoms with van der Waals surface area (Å²) in [6, 6.07) is 5.85. The minimum atomic E-state index is -0.460. The number of ketones is 1. The van der Waals surface area contributed by atoms with Gasteiger partial charge in [-0.15, -0.1) is 0 Å². The molecule has 0 atom stereocenters. The van der Waals surface area contributed by atoms with Gasteiger partial charge in [-0.05, 0) is 25.1 Å². The third-order valence-electron chi connectivity index (χ3n) is 3.12. The van der Waals surface area contributed by atoms with E-state index < -0.39 is 5.82 Å². The predicted octanol–water partition coefficient (Wildman–Crippen LogP) is 3.28. The largest absolute Gasteiger partial charge is 0.356 e. The molecule has 21 heavy (non-hydrogen) atoms. The minimum Gasteiger partial charge on any atom is -0.356 e. The third-order valence-corrected chi connectivity index (χ3v) is 3.48. The van der Waals surface area contributed by atoms with Gasteiger partial charge in [0.2, 0.25) is 0 Å². The Morgan fingerprint density at radius 1 is 1.38 bits per heavy atom. The molecule has 0 bridgehead atoms. The highest BCUT2D eigenvalue weighted by Crippen LogP contribution is 2.21. The molecule has 1 heterocycles. The summed E-state index contributed by atoms with van der Waals surface area (Å²) >= 11 is 5.94. The van der Waals surface area contributed by atoms with E-state index in [1.165, 1.54) is 36.2 Å². The number of Topliss-reactive ketones (excluding diaryl/α,β-unsaturated/α-hetero) is 1. The van der Waals surface area contributed by atoms with E-state index in [-0.39, 0.29) is 34.5 Å². The Kier molecular flexibility index (Phi) is 4.43. The maximum atomic E-state index is 13.7. The van der Waals surface area contributed by atoms with E-state index in [0.29, 0.717) is 5.56 Å². The first-order chi connectivity index (χ1) is 9.90. The van der Waals surface area contributed by atoms with Crippen LogP contribution in [0, 0.1) is 5.82 Å². The second kappa shape index (κ2) is 6.10. The summed E-state index contributed by atoms with van der Waals surface area (Å²) in [6.07, 6.45) is 1.47. The van der Waals surface area contributed by atoms with Crippen molar-refractivity contribution in [2.75, 3.05) is 7.05 Å². The van der Waals surface area contributed by atoms with Crippen LogP contribution in [0.15, 0.2) is 30.5 Å². The second-order valence-electron chi connectivity index (χ2n) is 4.72. The number of H-pyrrole nitrogens is 1. The van der Waals surface area contributed by atoms with E-state index in [0.717, 1.165) is 0 Å². The van der Waals surface area contributed by atoms with Crippen LogP contribution in [0.4, 0.5) is 4.39 Å². The summed E-state index contributed by atoms with van der Waals surface area (Å²) in [5, 5.41) is 0.269. The lowest BCUT2D eigenvalue weighted by molar-refractivity contribution is 0.0779. The molecule has 0 unspecified atom stereocenters. The van der Waals surface area contributed by atoms with Crippen LogP contribution in [0.25, 0.3) is 0 Å². The van der Waals surface area contributed by atoms with Crippen molar-refractivity contribution < 1.29 is 14.0 Å². The summed E-state index contributed by atoms with van der Waals surface area (Å²) < 4.78 is 13.7. The lowest BCUT2D eigenvalue weighted by atomic mass is 10.2. The van der Waals surface area contributed by atoms with Crippen LogP contribution < -0.4 is 0 Å². The second-order valence-corrected chi connectivity index (χ2v) is 5.13. The van der Waals surface area contributed by atoms with Gasteiger partial charge in [-0.1, -0.05) is 17.7 Å². The van der Waals surface area contributed by atoms with Gasteiger partial charge in [0.1, 0.15) is 11.5 Å². The molecule has 1 aromatic carbocycles. The van der Waals surface area contributed by atoms with Crippen LogP contribution in [0.2, 0.25) is 5.02 Å². The van der Waals surface area contributed by atoms with E-state index in [1.807, 2.05) is 0 Å². The van der Waals surface area contributed by atoms with Crippen molar-refractivity contribution in [3.8, 4) is 0 Å². The maximum Gasteiger partial charge on any atom is 0.270 e. The first kappa shape index (κ1) is 15.3. The number of nitrogens with one attached hydrogen (secondary N) is 1. The van der Waals surface area contributed by atoms with Crippen LogP contribution in [-0.4, -0.2) is 28.6 Å². The van der Waals surface area contributed by atoms with Crippen molar-refractivity contribution in [3.63, 3.8) is 0 Å². The van der Waals surface area contributed by atoms with E-state index in [9.17, 15) is 14.0 Å². The van der Waals surface area contributed by atoms with Crippen LogP contribution >= 0.6 is 11.6 Å². The van der Waals surface area contributed by atoms with E-state index >= 15 is 0 Å². The average Bonchev–Trinajstić information content (AvgIpc) is 2.92. The molecule has 6 heteroatoms. The van der Waals surface area contributed by atoms with Crippen molar-refractivity contribution in [1.29, 1.82) is 0 Å². The number of carbonyl (C=O) groups is 2. The van der Waals surface area contributed by atoms with Crippen LogP contribution in [-0.2, 0) is 6.54 Å². The van der Waals surface area contributed by atoms with Crippen LogP contribution in [0.3, 0.4) is 0 Å². The fraction of sp³-hybridized carbons (Fsp3) is 0.200. The Balaban J connectivity index is 2.17. The summed E-state index contributed by atoms with van der Waals surface area (Å²) in [5.74, 6) is -0.940. The zero-order valence-corrected chi connectivity index (χ0v) is 12.4. The molecule has 0 radical (unpaired) electrons. The van der Waals surface area contributed by atoms with Crippen molar-refractivity contribution >= 4 is 23.3 Å². The highest BCUT2D eigenvalue weighted by molar-refractivity contribution is 6.31. The van der Waals surface area contributed by atoms with Gasteiger partial charge in [0.15, 0.2) is 5.78 Å². The molecule has 0 aliphatic heterocycles. The predicted molar refractivity (Wildman–Crippen MR) is 78.0 cm³/mol. The summed E-state index contributed by atoms with van der Waals surface area (Å²) in [7, 11) is 1.54. The van der Waals surface area contributed by atoms with Gasteiger partial charge in [0, 0.05) is 29.4 Å². The number of hydrogen-bond acceptors (Lipinski definition) is 2. The molecule has 1 aromatic heterocycles. The highest BCUT2D eigenvalue weighted by atomic mass is 35.5. The number of carbonyl (C=O) groups excluding carboxylic acids is 2. The van der Waals surface area contributed by atoms with Gasteiger partial charge in [0.25, 0.3) is 5.91 Å². The number of aromatic nitrogens is 1. The Morgan fingerprint density at radius 3 is 2.67 bits per heavy atom. The van der Waals surface area contributed by atoms with Crippen molar-refractivity contribution in [1.82, 2.24) is 9.88 Å². The zero-order chi connectivity index (χ0) is 15.6. The van der Waals surface area contributed by atoms with Crippen LogP contribution in [0.1, 0.15) is 33.3 Å². The van der Waals surface area contributed by atoms with Crippen molar-refractivity contribution in [2.24, 2.45) is 0 Å². The summed E-state index contributed by atoms with van der Waals surface area (Å²) in [4.78, 5) is 27.5. The van der Waals surface area contributed by atoms with Gasteiger partial charge in [-0.3, -0.25) is 9.59 Å². The van der Waals surface area contributed by atoms with Crippen LogP contribution in [0.5, 0.6) is 0 Å². The number of hydrogen-bond donors (Lipinski definition) is 1. The first-order valence-electron chi connectivity index (χ1n) is 6.28. The normalized spacial score (nSPS) is 10.5. The van der Waals surface area contributed by atoms with Gasteiger partial charge < -0.3 is 9.88 Å². The topological polar surface area (TPSA) is 53.2 Å². The minimum absolute atomic E-state index is 0.0404. The van der Waals surface area contributed by atoms with Crippen molar-refractivity contribution in [3.05, 3.63) is 58.1 Å². The molecule has 2 rings (SSSR count). The fourth-order valence-electron chi connectivity index (χ4n) is 1.92. The fourth-order valence-corrected chi connectivity index (χ4v) is 2.14. The number of benzene rings is 1.